The number of hydrogen-bond donors (Lipinski definition) is 1. The van der Waals surface area contributed by atoms with Crippen LogP contribution in [0, 0.1) is 5.82 Å². The van der Waals surface area contributed by atoms with Crippen molar-refractivity contribution in [3.05, 3.63) is 30.1 Å². The van der Waals surface area contributed by atoms with Gasteiger partial charge < -0.3 is 19.6 Å². The molecule has 6 nitrogen and oxygen atoms in total. The summed E-state index contributed by atoms with van der Waals surface area (Å²) in [6.07, 6.45) is 2.14. The quantitative estimate of drug-likeness (QED) is 0.836. The van der Waals surface area contributed by atoms with Gasteiger partial charge in [-0.2, -0.15) is 0 Å². The minimum absolute atomic E-state index is 0.0486. The van der Waals surface area contributed by atoms with Gasteiger partial charge in [0, 0.05) is 32.5 Å². The number of likely N-dealkylation sites (tertiary alicyclic amines) is 2. The van der Waals surface area contributed by atoms with Crippen molar-refractivity contribution in [1.29, 1.82) is 0 Å². The normalized spacial score (nSPS) is 23.4. The van der Waals surface area contributed by atoms with E-state index >= 15 is 0 Å². The topological polar surface area (TPSA) is 70.1 Å². The Hall–Kier alpha value is -2.15. The maximum absolute atomic E-state index is 12.9. The van der Waals surface area contributed by atoms with E-state index in [0.29, 0.717) is 31.7 Å². The first-order valence-corrected chi connectivity index (χ1v) is 8.61. The fraction of sp³-hybridized carbons (Fsp3) is 0.556. The molecule has 2 heterocycles. The molecule has 1 atom stereocenters. The van der Waals surface area contributed by atoms with Crippen molar-refractivity contribution < 1.29 is 23.8 Å². The fourth-order valence-corrected chi connectivity index (χ4v) is 3.26. The summed E-state index contributed by atoms with van der Waals surface area (Å²) < 4.78 is 18.4. The third-order valence-corrected chi connectivity index (χ3v) is 4.77. The van der Waals surface area contributed by atoms with Crippen LogP contribution < -0.4 is 4.74 Å². The van der Waals surface area contributed by atoms with E-state index < -0.39 is 5.60 Å². The van der Waals surface area contributed by atoms with E-state index in [9.17, 15) is 19.1 Å². The Morgan fingerprint density at radius 3 is 2.72 bits per heavy atom. The summed E-state index contributed by atoms with van der Waals surface area (Å²) in [6, 6.07) is 5.60. The number of rotatable bonds is 6. The summed E-state index contributed by atoms with van der Waals surface area (Å²) in [5, 5.41) is 10.6. The molecule has 2 fully saturated rings. The molecule has 0 spiro atoms. The Balaban J connectivity index is 1.45. The molecule has 0 unspecified atom stereocenters. The van der Waals surface area contributed by atoms with Crippen molar-refractivity contribution in [2.75, 3.05) is 32.8 Å². The molecule has 136 valence electrons. The van der Waals surface area contributed by atoms with Crippen LogP contribution in [-0.2, 0) is 9.59 Å². The SMILES string of the molecule is O=C1CCCN1CCC(=O)N1CC[C@](O)(COc2ccc(F)cc2)C1. The van der Waals surface area contributed by atoms with Gasteiger partial charge in [-0.25, -0.2) is 4.39 Å². The molecule has 2 aliphatic rings. The number of aliphatic hydroxyl groups is 1. The Bertz CT molecular complexity index is 636. The van der Waals surface area contributed by atoms with Crippen molar-refractivity contribution in [2.45, 2.75) is 31.3 Å². The second-order valence-corrected chi connectivity index (χ2v) is 6.77. The number of halogens is 1. The molecule has 0 aromatic heterocycles. The number of carbonyl (C=O) groups is 2. The Labute approximate surface area is 146 Å². The Kier molecular flexibility index (Phi) is 5.22. The number of amides is 2. The van der Waals surface area contributed by atoms with Crippen LogP contribution in [0.25, 0.3) is 0 Å². The van der Waals surface area contributed by atoms with E-state index in [1.165, 1.54) is 24.3 Å². The molecule has 25 heavy (non-hydrogen) atoms. The summed E-state index contributed by atoms with van der Waals surface area (Å²) >= 11 is 0. The minimum Gasteiger partial charge on any atom is -0.491 e. The van der Waals surface area contributed by atoms with Gasteiger partial charge in [0.15, 0.2) is 0 Å². The molecule has 0 saturated carbocycles. The molecule has 1 aromatic carbocycles. The average molecular weight is 350 g/mol. The molecule has 0 bridgehead atoms. The molecular formula is C18H23FN2O4. The van der Waals surface area contributed by atoms with Gasteiger partial charge in [0.25, 0.3) is 0 Å². The highest BCUT2D eigenvalue weighted by Crippen LogP contribution is 2.24. The lowest BCUT2D eigenvalue weighted by Gasteiger charge is -2.24. The van der Waals surface area contributed by atoms with Crippen molar-refractivity contribution in [1.82, 2.24) is 9.80 Å². The molecule has 2 amide bonds. The van der Waals surface area contributed by atoms with Crippen LogP contribution in [-0.4, -0.2) is 65.1 Å². The first kappa shape index (κ1) is 17.7. The number of ether oxygens (including phenoxy) is 1. The average Bonchev–Trinajstić information content (AvgIpc) is 3.19. The molecule has 7 heteroatoms. The van der Waals surface area contributed by atoms with Crippen molar-refractivity contribution >= 4 is 11.8 Å². The smallest absolute Gasteiger partial charge is 0.224 e. The Morgan fingerprint density at radius 1 is 1.28 bits per heavy atom. The lowest BCUT2D eigenvalue weighted by molar-refractivity contribution is -0.133. The third-order valence-electron chi connectivity index (χ3n) is 4.77. The van der Waals surface area contributed by atoms with E-state index in [-0.39, 0.29) is 37.2 Å². The van der Waals surface area contributed by atoms with Gasteiger partial charge in [-0.15, -0.1) is 0 Å². The largest absolute Gasteiger partial charge is 0.491 e. The number of benzene rings is 1. The van der Waals surface area contributed by atoms with Gasteiger partial charge in [-0.1, -0.05) is 0 Å². The molecule has 2 saturated heterocycles. The maximum Gasteiger partial charge on any atom is 0.224 e. The highest BCUT2D eigenvalue weighted by atomic mass is 19.1. The summed E-state index contributed by atoms with van der Waals surface area (Å²) in [5.74, 6) is 0.183. The number of carbonyl (C=O) groups excluding carboxylic acids is 2. The minimum atomic E-state index is -1.10. The van der Waals surface area contributed by atoms with Crippen LogP contribution in [0.4, 0.5) is 4.39 Å². The summed E-state index contributed by atoms with van der Waals surface area (Å²) in [4.78, 5) is 27.2. The van der Waals surface area contributed by atoms with E-state index in [2.05, 4.69) is 0 Å². The van der Waals surface area contributed by atoms with E-state index in [1.54, 1.807) is 9.80 Å². The predicted octanol–water partition coefficient (Wildman–Crippen LogP) is 1.18. The molecular weight excluding hydrogens is 327 g/mol. The maximum atomic E-state index is 12.9. The molecule has 0 radical (unpaired) electrons. The van der Waals surface area contributed by atoms with Crippen LogP contribution in [0.2, 0.25) is 0 Å². The Morgan fingerprint density at radius 2 is 2.04 bits per heavy atom. The van der Waals surface area contributed by atoms with Crippen LogP contribution in [0.15, 0.2) is 24.3 Å². The highest BCUT2D eigenvalue weighted by Gasteiger charge is 2.39. The first-order chi connectivity index (χ1) is 12.0. The van der Waals surface area contributed by atoms with Gasteiger partial charge in [0.2, 0.25) is 11.8 Å². The zero-order valence-electron chi connectivity index (χ0n) is 14.1. The lowest BCUT2D eigenvalue weighted by atomic mass is 10.1. The van der Waals surface area contributed by atoms with E-state index in [4.69, 9.17) is 4.74 Å². The third kappa shape index (κ3) is 4.48. The summed E-state index contributed by atoms with van der Waals surface area (Å²) in [5.41, 5.74) is -1.10. The van der Waals surface area contributed by atoms with Crippen LogP contribution >= 0.6 is 0 Å². The standard InChI is InChI=1S/C18H23FN2O4/c19-14-3-5-15(6-4-14)25-13-18(24)8-11-21(12-18)17(23)7-10-20-9-1-2-16(20)22/h3-6,24H,1-2,7-13H2/t18-/m1/s1. The predicted molar refractivity (Wildman–Crippen MR) is 88.5 cm³/mol. The van der Waals surface area contributed by atoms with Gasteiger partial charge in [0.05, 0.1) is 6.54 Å². The van der Waals surface area contributed by atoms with Gasteiger partial charge >= 0.3 is 0 Å². The first-order valence-electron chi connectivity index (χ1n) is 8.61. The van der Waals surface area contributed by atoms with E-state index in [1.807, 2.05) is 0 Å². The van der Waals surface area contributed by atoms with Crippen LogP contribution in [0.3, 0.4) is 0 Å². The van der Waals surface area contributed by atoms with Gasteiger partial charge in [0.1, 0.15) is 23.8 Å². The fourth-order valence-electron chi connectivity index (χ4n) is 3.26. The van der Waals surface area contributed by atoms with Crippen molar-refractivity contribution in [3.63, 3.8) is 0 Å². The molecule has 3 rings (SSSR count). The molecule has 1 N–H and O–H groups in total. The van der Waals surface area contributed by atoms with Crippen molar-refractivity contribution in [3.8, 4) is 5.75 Å². The second-order valence-electron chi connectivity index (χ2n) is 6.77. The second kappa shape index (κ2) is 7.39. The monoisotopic (exact) mass is 350 g/mol. The number of nitrogens with zero attached hydrogens (tertiary/aromatic N) is 2. The number of β-amino-alcohol motifs (C(OH)–C–C–N with tert-alkyl or cyclic N) is 1. The highest BCUT2D eigenvalue weighted by molar-refractivity contribution is 5.80. The molecule has 1 aromatic rings. The summed E-state index contributed by atoms with van der Waals surface area (Å²) in [6.45, 7) is 1.89. The number of hydrogen-bond acceptors (Lipinski definition) is 4. The van der Waals surface area contributed by atoms with Crippen molar-refractivity contribution in [2.24, 2.45) is 0 Å². The van der Waals surface area contributed by atoms with E-state index in [0.717, 1.165) is 13.0 Å². The van der Waals surface area contributed by atoms with Gasteiger partial charge in [-0.3, -0.25) is 9.59 Å². The van der Waals surface area contributed by atoms with Gasteiger partial charge in [-0.05, 0) is 37.1 Å². The summed E-state index contributed by atoms with van der Waals surface area (Å²) in [7, 11) is 0. The van der Waals surface area contributed by atoms with Crippen LogP contribution in [0.5, 0.6) is 5.75 Å². The molecule has 0 aliphatic carbocycles. The van der Waals surface area contributed by atoms with Crippen LogP contribution in [0.1, 0.15) is 25.7 Å². The zero-order chi connectivity index (χ0) is 17.9. The lowest BCUT2D eigenvalue weighted by Crippen LogP contribution is -2.41. The molecule has 2 aliphatic heterocycles. The zero-order valence-corrected chi connectivity index (χ0v) is 14.1.